The van der Waals surface area contributed by atoms with E-state index in [9.17, 15) is 17.6 Å². The van der Waals surface area contributed by atoms with Crippen LogP contribution in [0, 0.1) is 12.7 Å². The van der Waals surface area contributed by atoms with E-state index in [4.69, 9.17) is 16.7 Å². The molecule has 32 heavy (non-hydrogen) atoms. The van der Waals surface area contributed by atoms with Crippen LogP contribution in [0.3, 0.4) is 0 Å². The van der Waals surface area contributed by atoms with Crippen molar-refractivity contribution < 1.29 is 22.7 Å². The first-order valence-electron chi connectivity index (χ1n) is 9.81. The molecule has 0 fully saturated rings. The van der Waals surface area contributed by atoms with Crippen LogP contribution in [0.1, 0.15) is 17.5 Å². The van der Waals surface area contributed by atoms with Gasteiger partial charge in [0.15, 0.2) is 0 Å². The third kappa shape index (κ3) is 4.01. The number of benzene rings is 3. The van der Waals surface area contributed by atoms with Crippen molar-refractivity contribution in [2.24, 2.45) is 0 Å². The number of hydrogen-bond acceptors (Lipinski definition) is 3. The quantitative estimate of drug-likeness (QED) is 0.393. The molecule has 164 valence electrons. The van der Waals surface area contributed by atoms with Gasteiger partial charge in [-0.2, -0.15) is 0 Å². The molecule has 0 aliphatic heterocycles. The highest BCUT2D eigenvalue weighted by Gasteiger charge is 2.24. The zero-order valence-electron chi connectivity index (χ0n) is 17.0. The van der Waals surface area contributed by atoms with E-state index in [-0.39, 0.29) is 17.7 Å². The van der Waals surface area contributed by atoms with Crippen molar-refractivity contribution in [3.63, 3.8) is 0 Å². The van der Waals surface area contributed by atoms with Gasteiger partial charge in [-0.1, -0.05) is 35.9 Å². The van der Waals surface area contributed by atoms with E-state index in [2.05, 4.69) is 0 Å². The molecule has 0 saturated carbocycles. The summed E-state index contributed by atoms with van der Waals surface area (Å²) in [4.78, 5) is 11.1. The predicted molar refractivity (Wildman–Crippen MR) is 122 cm³/mol. The number of hydrogen-bond donors (Lipinski definition) is 1. The van der Waals surface area contributed by atoms with Gasteiger partial charge in [0.2, 0.25) is 0 Å². The van der Waals surface area contributed by atoms with Crippen LogP contribution in [0.4, 0.5) is 4.39 Å². The van der Waals surface area contributed by atoms with Gasteiger partial charge in [0.05, 0.1) is 10.4 Å². The number of carboxylic acid groups (broad SMARTS) is 1. The molecule has 0 saturated heterocycles. The van der Waals surface area contributed by atoms with E-state index in [0.717, 1.165) is 15.1 Å². The number of fused-ring (bicyclic) bond motifs is 1. The van der Waals surface area contributed by atoms with Crippen LogP contribution in [0.25, 0.3) is 22.0 Å². The van der Waals surface area contributed by atoms with Gasteiger partial charge in [-0.15, -0.1) is 0 Å². The number of halogens is 2. The number of carboxylic acids is 1. The fourth-order valence-corrected chi connectivity index (χ4v) is 5.59. The van der Waals surface area contributed by atoms with Gasteiger partial charge in [-0.3, -0.25) is 4.79 Å². The van der Waals surface area contributed by atoms with Gasteiger partial charge in [-0.25, -0.2) is 16.8 Å². The van der Waals surface area contributed by atoms with Gasteiger partial charge in [-0.05, 0) is 72.0 Å². The van der Waals surface area contributed by atoms with Gasteiger partial charge in [0, 0.05) is 23.0 Å². The molecular weight excluding hydrogens is 453 g/mol. The summed E-state index contributed by atoms with van der Waals surface area (Å²) in [6, 6.07) is 15.9. The molecule has 0 atom stereocenters. The van der Waals surface area contributed by atoms with Crippen LogP contribution in [0.2, 0.25) is 5.02 Å². The van der Waals surface area contributed by atoms with Crippen LogP contribution in [-0.4, -0.2) is 23.5 Å². The van der Waals surface area contributed by atoms with E-state index in [1.165, 1.54) is 30.5 Å². The number of aliphatic carboxylic acids is 1. The fourth-order valence-electron chi connectivity index (χ4n) is 3.82. The summed E-state index contributed by atoms with van der Waals surface area (Å²) >= 11 is 5.97. The predicted octanol–water partition coefficient (Wildman–Crippen LogP) is 5.66. The molecular formula is C24H19ClFNO4S. The Balaban J connectivity index is 1.88. The zero-order chi connectivity index (χ0) is 23.0. The number of nitrogens with zero attached hydrogens (tertiary/aromatic N) is 1. The highest BCUT2D eigenvalue weighted by Crippen LogP contribution is 2.33. The summed E-state index contributed by atoms with van der Waals surface area (Å²) in [5.74, 6) is -1.54. The van der Waals surface area contributed by atoms with Gasteiger partial charge in [0.25, 0.3) is 10.0 Å². The molecule has 1 heterocycles. The molecule has 1 aromatic heterocycles. The van der Waals surface area contributed by atoms with E-state index in [0.29, 0.717) is 27.1 Å². The lowest BCUT2D eigenvalue weighted by Crippen LogP contribution is -2.13. The molecule has 4 rings (SSSR count). The molecule has 0 amide bonds. The van der Waals surface area contributed by atoms with Crippen molar-refractivity contribution in [1.29, 1.82) is 0 Å². The van der Waals surface area contributed by atoms with Crippen LogP contribution in [0.15, 0.2) is 71.8 Å². The second-order valence-electron chi connectivity index (χ2n) is 7.45. The normalized spacial score (nSPS) is 11.7. The number of rotatable bonds is 6. The summed E-state index contributed by atoms with van der Waals surface area (Å²) in [5.41, 5.74) is 2.88. The van der Waals surface area contributed by atoms with Gasteiger partial charge >= 0.3 is 5.97 Å². The van der Waals surface area contributed by atoms with Crippen molar-refractivity contribution in [3.8, 4) is 11.1 Å². The first-order chi connectivity index (χ1) is 15.2. The molecule has 0 unspecified atom stereocenters. The molecule has 0 bridgehead atoms. The summed E-state index contributed by atoms with van der Waals surface area (Å²) in [6.45, 7) is 1.73. The maximum atomic E-state index is 13.9. The molecule has 4 aromatic rings. The minimum Gasteiger partial charge on any atom is -0.481 e. The lowest BCUT2D eigenvalue weighted by atomic mass is 10.0. The Kier molecular flexibility index (Phi) is 5.79. The minimum atomic E-state index is -4.04. The zero-order valence-corrected chi connectivity index (χ0v) is 18.6. The standard InChI is InChI=1S/C24H19ClFNO4S/c1-15-20(16-5-8-18(25)9-6-16)3-2-4-23(15)32(30,31)27-14-17(7-12-24(28)29)21-13-19(26)10-11-22(21)27/h2-6,8-11,13-14H,7,12H2,1H3,(H,28,29). The number of aromatic nitrogens is 1. The van der Waals surface area contributed by atoms with E-state index < -0.39 is 21.8 Å². The third-order valence-corrected chi connectivity index (χ3v) is 7.47. The van der Waals surface area contributed by atoms with E-state index >= 15 is 0 Å². The Morgan fingerprint density at radius 1 is 1.09 bits per heavy atom. The van der Waals surface area contributed by atoms with E-state index in [1.807, 2.05) is 18.2 Å². The van der Waals surface area contributed by atoms with Crippen molar-refractivity contribution in [3.05, 3.63) is 88.8 Å². The average molecular weight is 472 g/mol. The van der Waals surface area contributed by atoms with Crippen molar-refractivity contribution >= 4 is 38.5 Å². The van der Waals surface area contributed by atoms with Crippen molar-refractivity contribution in [1.82, 2.24) is 3.97 Å². The molecule has 5 nitrogen and oxygen atoms in total. The Morgan fingerprint density at radius 2 is 1.81 bits per heavy atom. The Morgan fingerprint density at radius 3 is 2.50 bits per heavy atom. The second-order valence-corrected chi connectivity index (χ2v) is 9.67. The smallest absolute Gasteiger partial charge is 0.303 e. The summed E-state index contributed by atoms with van der Waals surface area (Å²) in [6.07, 6.45) is 1.28. The first kappa shape index (κ1) is 22.0. The van der Waals surface area contributed by atoms with Crippen LogP contribution >= 0.6 is 11.6 Å². The largest absolute Gasteiger partial charge is 0.481 e. The highest BCUT2D eigenvalue weighted by atomic mass is 35.5. The van der Waals surface area contributed by atoms with E-state index in [1.54, 1.807) is 25.1 Å². The van der Waals surface area contributed by atoms with Gasteiger partial charge in [0.1, 0.15) is 5.82 Å². The number of aryl methyl sites for hydroxylation is 1. The van der Waals surface area contributed by atoms with Crippen molar-refractivity contribution in [2.45, 2.75) is 24.7 Å². The second kappa shape index (κ2) is 8.41. The molecule has 0 aliphatic carbocycles. The Labute approximate surface area is 189 Å². The minimum absolute atomic E-state index is 0.0849. The van der Waals surface area contributed by atoms with Gasteiger partial charge < -0.3 is 5.11 Å². The maximum absolute atomic E-state index is 13.9. The molecule has 0 spiro atoms. The highest BCUT2D eigenvalue weighted by molar-refractivity contribution is 7.90. The summed E-state index contributed by atoms with van der Waals surface area (Å²) in [5, 5.41) is 9.99. The Bertz CT molecular complexity index is 1440. The lowest BCUT2D eigenvalue weighted by Gasteiger charge is -2.14. The number of carbonyl (C=O) groups is 1. The molecule has 0 aliphatic rings. The SMILES string of the molecule is Cc1c(-c2ccc(Cl)cc2)cccc1S(=O)(=O)n1cc(CCC(=O)O)c2cc(F)ccc21. The summed E-state index contributed by atoms with van der Waals surface area (Å²) in [7, 11) is -4.04. The lowest BCUT2D eigenvalue weighted by molar-refractivity contribution is -0.136. The molecule has 3 aromatic carbocycles. The topological polar surface area (TPSA) is 76.4 Å². The van der Waals surface area contributed by atoms with Crippen LogP contribution in [-0.2, 0) is 21.2 Å². The average Bonchev–Trinajstić information content (AvgIpc) is 3.11. The fraction of sp³-hybridized carbons (Fsp3) is 0.125. The monoisotopic (exact) mass is 471 g/mol. The van der Waals surface area contributed by atoms with Crippen LogP contribution < -0.4 is 0 Å². The van der Waals surface area contributed by atoms with Crippen molar-refractivity contribution in [2.75, 3.05) is 0 Å². The third-order valence-electron chi connectivity index (χ3n) is 5.40. The molecule has 8 heteroatoms. The first-order valence-corrected chi connectivity index (χ1v) is 11.6. The molecule has 0 radical (unpaired) electrons. The van der Waals surface area contributed by atoms with Crippen LogP contribution in [0.5, 0.6) is 0 Å². The summed E-state index contributed by atoms with van der Waals surface area (Å²) < 4.78 is 42.3. The molecule has 1 N–H and O–H groups in total. The maximum Gasteiger partial charge on any atom is 0.303 e. The Hall–Kier alpha value is -3.16.